The summed E-state index contributed by atoms with van der Waals surface area (Å²) in [5, 5.41) is 5.83. The van der Waals surface area contributed by atoms with Crippen LogP contribution in [-0.2, 0) is 0 Å². The Kier molecular flexibility index (Phi) is 7.79. The molecular formula is C23H27N3O3S. The fraction of sp³-hybridized carbons (Fsp3) is 0.348. The van der Waals surface area contributed by atoms with Gasteiger partial charge < -0.3 is 15.0 Å². The molecule has 0 aliphatic carbocycles. The molecule has 1 heterocycles. The monoisotopic (exact) mass is 425 g/mol. The number of amides is 2. The van der Waals surface area contributed by atoms with Gasteiger partial charge in [0, 0.05) is 24.3 Å². The summed E-state index contributed by atoms with van der Waals surface area (Å²) in [6.07, 6.45) is 4.11. The van der Waals surface area contributed by atoms with E-state index in [0.717, 1.165) is 32.4 Å². The number of benzene rings is 2. The molecule has 0 bridgehead atoms. The molecule has 0 aromatic heterocycles. The van der Waals surface area contributed by atoms with Gasteiger partial charge in [0.1, 0.15) is 5.75 Å². The highest BCUT2D eigenvalue weighted by molar-refractivity contribution is 7.80. The van der Waals surface area contributed by atoms with Gasteiger partial charge in [0.15, 0.2) is 5.11 Å². The lowest BCUT2D eigenvalue weighted by molar-refractivity contribution is 0.0724. The van der Waals surface area contributed by atoms with Crippen molar-refractivity contribution in [3.05, 3.63) is 59.7 Å². The minimum Gasteiger partial charge on any atom is -0.493 e. The highest BCUT2D eigenvalue weighted by Crippen LogP contribution is 2.19. The standard InChI is InChI=1S/C23H27N3O3S/c1-2-15-29-20-12-5-4-11-19(20)21(27)25-23(30)24-18-10-8-9-17(16-18)22(28)26-13-6-3-7-14-26/h4-5,8-12,16H,2-3,6-7,13-15H2,1H3,(H2,24,25,27,30). The molecule has 158 valence electrons. The van der Waals surface area contributed by atoms with Crippen LogP contribution in [0.4, 0.5) is 5.69 Å². The van der Waals surface area contributed by atoms with Crippen LogP contribution in [0.15, 0.2) is 48.5 Å². The number of carbonyl (C=O) groups excluding carboxylic acids is 2. The second-order valence-corrected chi connectivity index (χ2v) is 7.59. The second kappa shape index (κ2) is 10.7. The van der Waals surface area contributed by atoms with E-state index >= 15 is 0 Å². The number of thiocarbonyl (C=S) groups is 1. The maximum absolute atomic E-state index is 12.7. The molecule has 0 saturated carbocycles. The highest BCUT2D eigenvalue weighted by Gasteiger charge is 2.18. The summed E-state index contributed by atoms with van der Waals surface area (Å²) in [6.45, 7) is 4.13. The molecule has 2 aromatic rings. The van der Waals surface area contributed by atoms with Crippen LogP contribution in [0.5, 0.6) is 5.75 Å². The molecular weight excluding hydrogens is 398 g/mol. The molecule has 1 saturated heterocycles. The van der Waals surface area contributed by atoms with Crippen molar-refractivity contribution >= 4 is 34.8 Å². The first-order valence-corrected chi connectivity index (χ1v) is 10.7. The molecule has 0 unspecified atom stereocenters. The zero-order valence-electron chi connectivity index (χ0n) is 17.1. The number of piperidine rings is 1. The zero-order chi connectivity index (χ0) is 21.3. The van der Waals surface area contributed by atoms with Crippen molar-refractivity contribution in [2.75, 3.05) is 25.0 Å². The smallest absolute Gasteiger partial charge is 0.261 e. The summed E-state index contributed by atoms with van der Waals surface area (Å²) in [7, 11) is 0. The maximum atomic E-state index is 12.7. The molecule has 0 atom stereocenters. The Balaban J connectivity index is 1.62. The highest BCUT2D eigenvalue weighted by atomic mass is 32.1. The number of carbonyl (C=O) groups is 2. The van der Waals surface area contributed by atoms with Crippen LogP contribution in [0, 0.1) is 0 Å². The first-order chi connectivity index (χ1) is 14.6. The van der Waals surface area contributed by atoms with Crippen LogP contribution >= 0.6 is 12.2 Å². The molecule has 2 N–H and O–H groups in total. The summed E-state index contributed by atoms with van der Waals surface area (Å²) in [6, 6.07) is 14.2. The van der Waals surface area contributed by atoms with Gasteiger partial charge >= 0.3 is 0 Å². The van der Waals surface area contributed by atoms with Gasteiger partial charge in [0.05, 0.1) is 12.2 Å². The first kappa shape index (κ1) is 21.8. The summed E-state index contributed by atoms with van der Waals surface area (Å²) in [5.74, 6) is 0.198. The normalized spacial score (nSPS) is 13.4. The maximum Gasteiger partial charge on any atom is 0.261 e. The quantitative estimate of drug-likeness (QED) is 0.678. The van der Waals surface area contributed by atoms with Gasteiger partial charge in [0.25, 0.3) is 11.8 Å². The minimum absolute atomic E-state index is 0.0234. The van der Waals surface area contributed by atoms with E-state index in [-0.39, 0.29) is 16.9 Å². The van der Waals surface area contributed by atoms with Crippen LogP contribution in [0.25, 0.3) is 0 Å². The van der Waals surface area contributed by atoms with Gasteiger partial charge in [-0.05, 0) is 68.2 Å². The average Bonchev–Trinajstić information content (AvgIpc) is 2.78. The summed E-state index contributed by atoms with van der Waals surface area (Å²) in [4.78, 5) is 27.2. The SMILES string of the molecule is CCCOc1ccccc1C(=O)NC(=S)Nc1cccc(C(=O)N2CCCCC2)c1. The number of nitrogens with zero attached hydrogens (tertiary/aromatic N) is 1. The lowest BCUT2D eigenvalue weighted by Gasteiger charge is -2.26. The molecule has 7 heteroatoms. The van der Waals surface area contributed by atoms with E-state index < -0.39 is 0 Å². The molecule has 3 rings (SSSR count). The van der Waals surface area contributed by atoms with E-state index in [1.807, 2.05) is 24.0 Å². The number of rotatable bonds is 6. The Labute approximate surface area is 182 Å². The van der Waals surface area contributed by atoms with Crippen molar-refractivity contribution in [3.8, 4) is 5.75 Å². The fourth-order valence-corrected chi connectivity index (χ4v) is 3.55. The number of hydrogen-bond donors (Lipinski definition) is 2. The van der Waals surface area contributed by atoms with Gasteiger partial charge in [-0.1, -0.05) is 25.1 Å². The topological polar surface area (TPSA) is 70.7 Å². The summed E-state index contributed by atoms with van der Waals surface area (Å²) in [5.41, 5.74) is 1.68. The Morgan fingerprint density at radius 2 is 1.83 bits per heavy atom. The van der Waals surface area contributed by atoms with Gasteiger partial charge in [-0.3, -0.25) is 14.9 Å². The number of anilines is 1. The Bertz CT molecular complexity index is 910. The molecule has 0 spiro atoms. The van der Waals surface area contributed by atoms with Gasteiger partial charge in [0.2, 0.25) is 0 Å². The lowest BCUT2D eigenvalue weighted by Crippen LogP contribution is -2.36. The molecule has 2 aromatic carbocycles. The number of nitrogens with one attached hydrogen (secondary N) is 2. The third-order valence-corrected chi connectivity index (χ3v) is 5.04. The predicted octanol–water partition coefficient (Wildman–Crippen LogP) is 4.23. The van der Waals surface area contributed by atoms with E-state index in [9.17, 15) is 9.59 Å². The zero-order valence-corrected chi connectivity index (χ0v) is 18.0. The molecule has 1 aliphatic rings. The third kappa shape index (κ3) is 5.79. The van der Waals surface area contributed by atoms with E-state index in [1.54, 1.807) is 36.4 Å². The third-order valence-electron chi connectivity index (χ3n) is 4.83. The van der Waals surface area contributed by atoms with Crippen molar-refractivity contribution in [3.63, 3.8) is 0 Å². The Morgan fingerprint density at radius 1 is 1.07 bits per heavy atom. The fourth-order valence-electron chi connectivity index (χ4n) is 3.33. The van der Waals surface area contributed by atoms with Crippen LogP contribution in [0.1, 0.15) is 53.3 Å². The minimum atomic E-state index is -0.347. The number of likely N-dealkylation sites (tertiary alicyclic amines) is 1. The number of hydrogen-bond acceptors (Lipinski definition) is 4. The Hall–Kier alpha value is -2.93. The second-order valence-electron chi connectivity index (χ2n) is 7.19. The van der Waals surface area contributed by atoms with Crippen LogP contribution < -0.4 is 15.4 Å². The average molecular weight is 426 g/mol. The van der Waals surface area contributed by atoms with Gasteiger partial charge in [-0.15, -0.1) is 0 Å². The van der Waals surface area contributed by atoms with Gasteiger partial charge in [-0.2, -0.15) is 0 Å². The number of ether oxygens (including phenoxy) is 1. The van der Waals surface area contributed by atoms with Crippen molar-refractivity contribution in [2.45, 2.75) is 32.6 Å². The van der Waals surface area contributed by atoms with E-state index in [1.165, 1.54) is 6.42 Å². The lowest BCUT2D eigenvalue weighted by atomic mass is 10.1. The molecule has 1 aliphatic heterocycles. The van der Waals surface area contributed by atoms with E-state index in [0.29, 0.717) is 29.2 Å². The molecule has 0 radical (unpaired) electrons. The number of para-hydroxylation sites is 1. The summed E-state index contributed by atoms with van der Waals surface area (Å²) >= 11 is 5.30. The first-order valence-electron chi connectivity index (χ1n) is 10.3. The molecule has 6 nitrogen and oxygen atoms in total. The van der Waals surface area contributed by atoms with Crippen LogP contribution in [0.3, 0.4) is 0 Å². The van der Waals surface area contributed by atoms with Crippen LogP contribution in [0.2, 0.25) is 0 Å². The predicted molar refractivity (Wildman–Crippen MR) is 122 cm³/mol. The van der Waals surface area contributed by atoms with Crippen molar-refractivity contribution in [1.29, 1.82) is 0 Å². The van der Waals surface area contributed by atoms with Crippen molar-refractivity contribution in [2.24, 2.45) is 0 Å². The molecule has 1 fully saturated rings. The molecule has 2 amide bonds. The van der Waals surface area contributed by atoms with Crippen LogP contribution in [-0.4, -0.2) is 41.5 Å². The van der Waals surface area contributed by atoms with E-state index in [2.05, 4.69) is 10.6 Å². The largest absolute Gasteiger partial charge is 0.493 e. The van der Waals surface area contributed by atoms with Crippen molar-refractivity contribution in [1.82, 2.24) is 10.2 Å². The summed E-state index contributed by atoms with van der Waals surface area (Å²) < 4.78 is 5.64. The molecule has 30 heavy (non-hydrogen) atoms. The van der Waals surface area contributed by atoms with Gasteiger partial charge in [-0.25, -0.2) is 0 Å². The Morgan fingerprint density at radius 3 is 2.60 bits per heavy atom. The van der Waals surface area contributed by atoms with E-state index in [4.69, 9.17) is 17.0 Å². The van der Waals surface area contributed by atoms with Crippen molar-refractivity contribution < 1.29 is 14.3 Å².